The van der Waals surface area contributed by atoms with Gasteiger partial charge in [0.15, 0.2) is 0 Å². The molecule has 0 saturated heterocycles. The SMILES string of the molecule is CCCc1cnc(C(C)N2Cc3c(ccnc3C)C2=O)cc1C. The summed E-state index contributed by atoms with van der Waals surface area (Å²) in [6.07, 6.45) is 5.84. The van der Waals surface area contributed by atoms with E-state index in [1.807, 2.05) is 31.0 Å². The van der Waals surface area contributed by atoms with E-state index in [2.05, 4.69) is 29.9 Å². The minimum atomic E-state index is -0.0383. The molecule has 2 aromatic rings. The van der Waals surface area contributed by atoms with Gasteiger partial charge < -0.3 is 4.90 Å². The highest BCUT2D eigenvalue weighted by molar-refractivity contribution is 5.98. The van der Waals surface area contributed by atoms with Crippen molar-refractivity contribution in [3.63, 3.8) is 0 Å². The second kappa shape index (κ2) is 6.11. The van der Waals surface area contributed by atoms with Gasteiger partial charge in [0, 0.05) is 35.8 Å². The number of fused-ring (bicyclic) bond motifs is 1. The highest BCUT2D eigenvalue weighted by atomic mass is 16.2. The Balaban J connectivity index is 1.87. The maximum absolute atomic E-state index is 12.7. The molecule has 1 atom stereocenters. The molecule has 1 aliphatic rings. The Hall–Kier alpha value is -2.23. The Kier molecular flexibility index (Phi) is 4.16. The molecule has 0 aromatic carbocycles. The van der Waals surface area contributed by atoms with Crippen molar-refractivity contribution < 1.29 is 4.79 Å². The molecule has 3 rings (SSSR count). The molecule has 2 aromatic heterocycles. The van der Waals surface area contributed by atoms with Crippen LogP contribution >= 0.6 is 0 Å². The fourth-order valence-electron chi connectivity index (χ4n) is 3.23. The van der Waals surface area contributed by atoms with E-state index < -0.39 is 0 Å². The zero-order valence-corrected chi connectivity index (χ0v) is 14.3. The summed E-state index contributed by atoms with van der Waals surface area (Å²) in [5.41, 5.74) is 6.26. The number of carbonyl (C=O) groups is 1. The third-order valence-corrected chi connectivity index (χ3v) is 4.75. The molecule has 0 radical (unpaired) electrons. The lowest BCUT2D eigenvalue weighted by Gasteiger charge is -2.24. The van der Waals surface area contributed by atoms with Crippen LogP contribution in [0.1, 0.15) is 64.7 Å². The maximum atomic E-state index is 12.7. The first-order valence-corrected chi connectivity index (χ1v) is 8.23. The normalized spacial score (nSPS) is 15.0. The van der Waals surface area contributed by atoms with E-state index in [0.717, 1.165) is 35.4 Å². The minimum Gasteiger partial charge on any atom is -0.326 e. The Morgan fingerprint density at radius 3 is 2.74 bits per heavy atom. The van der Waals surface area contributed by atoms with Gasteiger partial charge in [-0.25, -0.2) is 0 Å². The average Bonchev–Trinajstić information content (AvgIpc) is 2.87. The minimum absolute atomic E-state index is 0.0383. The van der Waals surface area contributed by atoms with Crippen molar-refractivity contribution in [2.75, 3.05) is 0 Å². The lowest BCUT2D eigenvalue weighted by molar-refractivity contribution is 0.0712. The monoisotopic (exact) mass is 309 g/mol. The van der Waals surface area contributed by atoms with Crippen molar-refractivity contribution in [1.29, 1.82) is 0 Å². The quantitative estimate of drug-likeness (QED) is 0.864. The van der Waals surface area contributed by atoms with Gasteiger partial charge in [-0.2, -0.15) is 0 Å². The molecule has 1 unspecified atom stereocenters. The zero-order chi connectivity index (χ0) is 16.6. The van der Waals surface area contributed by atoms with Gasteiger partial charge in [-0.1, -0.05) is 13.3 Å². The third-order valence-electron chi connectivity index (χ3n) is 4.75. The number of carbonyl (C=O) groups excluding carboxylic acids is 1. The van der Waals surface area contributed by atoms with Crippen LogP contribution in [0.3, 0.4) is 0 Å². The topological polar surface area (TPSA) is 46.1 Å². The van der Waals surface area contributed by atoms with Crippen LogP contribution in [0.5, 0.6) is 0 Å². The van der Waals surface area contributed by atoms with E-state index in [-0.39, 0.29) is 11.9 Å². The van der Waals surface area contributed by atoms with Gasteiger partial charge in [-0.3, -0.25) is 14.8 Å². The smallest absolute Gasteiger partial charge is 0.255 e. The molecule has 0 bridgehead atoms. The summed E-state index contributed by atoms with van der Waals surface area (Å²) in [5, 5.41) is 0. The number of rotatable bonds is 4. The standard InChI is InChI=1S/C19H23N3O/c1-5-6-15-10-21-18(9-12(15)2)14(4)22-11-17-13(3)20-8-7-16(17)19(22)23/h7-10,14H,5-6,11H2,1-4H3. The molecule has 0 N–H and O–H groups in total. The Morgan fingerprint density at radius 2 is 2.09 bits per heavy atom. The van der Waals surface area contributed by atoms with Crippen molar-refractivity contribution in [3.8, 4) is 0 Å². The second-order valence-corrected chi connectivity index (χ2v) is 6.32. The molecule has 1 amide bonds. The van der Waals surface area contributed by atoms with Crippen molar-refractivity contribution in [2.45, 2.75) is 53.1 Å². The van der Waals surface area contributed by atoms with Crippen molar-refractivity contribution in [3.05, 3.63) is 58.2 Å². The molecular weight excluding hydrogens is 286 g/mol. The molecule has 120 valence electrons. The van der Waals surface area contributed by atoms with E-state index in [0.29, 0.717) is 6.54 Å². The van der Waals surface area contributed by atoms with Gasteiger partial charge in [0.2, 0.25) is 0 Å². The third kappa shape index (κ3) is 2.74. The van der Waals surface area contributed by atoms with Crippen LogP contribution in [0.15, 0.2) is 24.5 Å². The Morgan fingerprint density at radius 1 is 1.30 bits per heavy atom. The number of nitrogens with zero attached hydrogens (tertiary/aromatic N) is 3. The Bertz CT molecular complexity index is 754. The van der Waals surface area contributed by atoms with Crippen LogP contribution in [0.2, 0.25) is 0 Å². The molecule has 1 aliphatic heterocycles. The van der Waals surface area contributed by atoms with Crippen molar-refractivity contribution in [2.24, 2.45) is 0 Å². The molecule has 23 heavy (non-hydrogen) atoms. The summed E-state index contributed by atoms with van der Waals surface area (Å²) in [7, 11) is 0. The van der Waals surface area contributed by atoms with E-state index in [9.17, 15) is 4.79 Å². The first-order chi connectivity index (χ1) is 11.0. The maximum Gasteiger partial charge on any atom is 0.255 e. The van der Waals surface area contributed by atoms with Crippen LogP contribution in [0.25, 0.3) is 0 Å². The number of hydrogen-bond acceptors (Lipinski definition) is 3. The number of aryl methyl sites for hydroxylation is 3. The van der Waals surface area contributed by atoms with Gasteiger partial charge >= 0.3 is 0 Å². The summed E-state index contributed by atoms with van der Waals surface area (Å²) in [6.45, 7) is 8.92. The first kappa shape index (κ1) is 15.7. The van der Waals surface area contributed by atoms with Gasteiger partial charge in [-0.15, -0.1) is 0 Å². The first-order valence-electron chi connectivity index (χ1n) is 8.23. The van der Waals surface area contributed by atoms with Crippen LogP contribution in [-0.4, -0.2) is 20.8 Å². The Labute approximate surface area is 137 Å². The zero-order valence-electron chi connectivity index (χ0n) is 14.3. The number of amides is 1. The summed E-state index contributed by atoms with van der Waals surface area (Å²) >= 11 is 0. The predicted octanol–water partition coefficient (Wildman–Crippen LogP) is 3.76. The second-order valence-electron chi connectivity index (χ2n) is 6.32. The fourth-order valence-corrected chi connectivity index (χ4v) is 3.23. The van der Waals surface area contributed by atoms with Crippen LogP contribution in [-0.2, 0) is 13.0 Å². The molecule has 0 aliphatic carbocycles. The van der Waals surface area contributed by atoms with Crippen molar-refractivity contribution in [1.82, 2.24) is 14.9 Å². The van der Waals surface area contributed by atoms with E-state index in [4.69, 9.17) is 0 Å². The van der Waals surface area contributed by atoms with Crippen LogP contribution < -0.4 is 0 Å². The van der Waals surface area contributed by atoms with Gasteiger partial charge in [-0.05, 0) is 50.5 Å². The predicted molar refractivity (Wildman–Crippen MR) is 90.2 cm³/mol. The largest absolute Gasteiger partial charge is 0.326 e. The number of pyridine rings is 2. The van der Waals surface area contributed by atoms with Crippen LogP contribution in [0.4, 0.5) is 0 Å². The van der Waals surface area contributed by atoms with Crippen LogP contribution in [0, 0.1) is 13.8 Å². The van der Waals surface area contributed by atoms with Gasteiger partial charge in [0.25, 0.3) is 5.91 Å². The summed E-state index contributed by atoms with van der Waals surface area (Å²) in [4.78, 5) is 23.5. The molecule has 0 fully saturated rings. The number of aromatic nitrogens is 2. The van der Waals surface area contributed by atoms with E-state index in [1.54, 1.807) is 6.20 Å². The molecule has 4 heteroatoms. The van der Waals surface area contributed by atoms with E-state index >= 15 is 0 Å². The van der Waals surface area contributed by atoms with Crippen molar-refractivity contribution >= 4 is 5.91 Å². The lowest BCUT2D eigenvalue weighted by Crippen LogP contribution is -2.28. The van der Waals surface area contributed by atoms with E-state index in [1.165, 1.54) is 11.1 Å². The van der Waals surface area contributed by atoms with Gasteiger partial charge in [0.1, 0.15) is 0 Å². The molecule has 4 nitrogen and oxygen atoms in total. The average molecular weight is 309 g/mol. The van der Waals surface area contributed by atoms with Gasteiger partial charge in [0.05, 0.1) is 11.7 Å². The molecule has 0 saturated carbocycles. The fraction of sp³-hybridized carbons (Fsp3) is 0.421. The summed E-state index contributed by atoms with van der Waals surface area (Å²) in [6, 6.07) is 3.90. The highest BCUT2D eigenvalue weighted by Gasteiger charge is 2.33. The summed E-state index contributed by atoms with van der Waals surface area (Å²) < 4.78 is 0. The number of hydrogen-bond donors (Lipinski definition) is 0. The lowest BCUT2D eigenvalue weighted by atomic mass is 10.0. The molecular formula is C19H23N3O. The highest BCUT2D eigenvalue weighted by Crippen LogP contribution is 2.31. The summed E-state index contributed by atoms with van der Waals surface area (Å²) in [5.74, 6) is 0.0788. The molecule has 3 heterocycles. The molecule has 0 spiro atoms.